The fourth-order valence-corrected chi connectivity index (χ4v) is 3.69. The number of likely N-dealkylation sites (N-methyl/N-ethyl adjacent to an activating group) is 1. The summed E-state index contributed by atoms with van der Waals surface area (Å²) in [5, 5.41) is 13.5. The van der Waals surface area contributed by atoms with Gasteiger partial charge in [-0.1, -0.05) is 11.6 Å². The molecule has 0 amide bonds. The lowest BCUT2D eigenvalue weighted by Crippen LogP contribution is -2.45. The lowest BCUT2D eigenvalue weighted by atomic mass is 10.0. The maximum Gasteiger partial charge on any atom is 0.158 e. The van der Waals surface area contributed by atoms with Crippen molar-refractivity contribution in [1.29, 1.82) is 0 Å². The first kappa shape index (κ1) is 18.0. The van der Waals surface area contributed by atoms with E-state index in [2.05, 4.69) is 20.5 Å². The average molecular weight is 390 g/mol. The molecule has 1 saturated heterocycles. The molecule has 27 heavy (non-hydrogen) atoms. The second kappa shape index (κ2) is 7.32. The van der Waals surface area contributed by atoms with Gasteiger partial charge in [-0.15, -0.1) is 10.2 Å². The number of benzene rings is 1. The summed E-state index contributed by atoms with van der Waals surface area (Å²) in [5.74, 6) is 0.0496. The summed E-state index contributed by atoms with van der Waals surface area (Å²) in [7, 11) is 1.89. The van der Waals surface area contributed by atoms with E-state index in [0.717, 1.165) is 0 Å². The molecule has 5 nitrogen and oxygen atoms in total. The quantitative estimate of drug-likeness (QED) is 0.735. The van der Waals surface area contributed by atoms with Crippen LogP contribution in [0.2, 0.25) is 5.02 Å². The van der Waals surface area contributed by atoms with Gasteiger partial charge in [0.1, 0.15) is 17.7 Å². The van der Waals surface area contributed by atoms with Crippen LogP contribution < -0.4 is 5.32 Å². The Labute approximate surface area is 160 Å². The summed E-state index contributed by atoms with van der Waals surface area (Å²) in [5.41, 5.74) is 0.729. The van der Waals surface area contributed by atoms with Gasteiger partial charge in [0, 0.05) is 59.3 Å². The Morgan fingerprint density at radius 1 is 1.19 bits per heavy atom. The number of hydrogen-bond acceptors (Lipinski definition) is 5. The van der Waals surface area contributed by atoms with Gasteiger partial charge in [-0.25, -0.2) is 8.78 Å². The van der Waals surface area contributed by atoms with Gasteiger partial charge >= 0.3 is 0 Å². The average Bonchev–Trinajstić information content (AvgIpc) is 2.62. The highest BCUT2D eigenvalue weighted by Gasteiger charge is 2.26. The molecular weight excluding hydrogens is 372 g/mol. The van der Waals surface area contributed by atoms with Crippen LogP contribution in [-0.4, -0.2) is 52.4 Å². The van der Waals surface area contributed by atoms with Gasteiger partial charge in [-0.2, -0.15) is 0 Å². The molecule has 1 N–H and O–H groups in total. The summed E-state index contributed by atoms with van der Waals surface area (Å²) in [4.78, 5) is 6.10. The van der Waals surface area contributed by atoms with E-state index < -0.39 is 12.0 Å². The zero-order valence-electron chi connectivity index (χ0n) is 14.7. The smallest absolute Gasteiger partial charge is 0.158 e. The third-order valence-corrected chi connectivity index (χ3v) is 4.93. The Kier molecular flexibility index (Phi) is 4.88. The van der Waals surface area contributed by atoms with Crippen molar-refractivity contribution in [2.24, 2.45) is 0 Å². The van der Waals surface area contributed by atoms with Crippen molar-refractivity contribution in [2.45, 2.75) is 18.6 Å². The van der Waals surface area contributed by atoms with Crippen LogP contribution in [0.15, 0.2) is 36.7 Å². The molecule has 4 rings (SSSR count). The van der Waals surface area contributed by atoms with Crippen molar-refractivity contribution in [2.75, 3.05) is 25.5 Å². The highest BCUT2D eigenvalue weighted by atomic mass is 35.5. The number of fused-ring (bicyclic) bond motifs is 1. The lowest BCUT2D eigenvalue weighted by molar-refractivity contribution is 0.153. The van der Waals surface area contributed by atoms with Crippen molar-refractivity contribution >= 4 is 28.2 Å². The molecule has 1 aliphatic rings. The Morgan fingerprint density at radius 2 is 2.04 bits per heavy atom. The summed E-state index contributed by atoms with van der Waals surface area (Å²) in [6.07, 6.45) is 2.79. The predicted molar refractivity (Wildman–Crippen MR) is 102 cm³/mol. The van der Waals surface area contributed by atoms with Crippen LogP contribution in [0.3, 0.4) is 0 Å². The highest BCUT2D eigenvalue weighted by molar-refractivity contribution is 6.30. The summed E-state index contributed by atoms with van der Waals surface area (Å²) >= 11 is 5.85. The van der Waals surface area contributed by atoms with Crippen molar-refractivity contribution in [1.82, 2.24) is 20.1 Å². The van der Waals surface area contributed by atoms with Crippen molar-refractivity contribution < 1.29 is 8.78 Å². The molecular formula is C19H18ClF2N5. The molecule has 0 spiro atoms. The molecule has 0 radical (unpaired) electrons. The molecule has 3 aromatic rings. The van der Waals surface area contributed by atoms with E-state index >= 15 is 0 Å². The number of hydrogen-bond donors (Lipinski definition) is 1. The Bertz CT molecular complexity index is 973. The SMILES string of the molecule is CN1C[C@H](F)C[C@@H](Nc2nnc(-c3ccc(Cl)cc3F)c3ccncc23)C1. The number of anilines is 1. The number of piperidine rings is 1. The van der Waals surface area contributed by atoms with E-state index in [9.17, 15) is 8.78 Å². The molecule has 0 unspecified atom stereocenters. The number of rotatable bonds is 3. The Hall–Kier alpha value is -2.38. The molecule has 0 aliphatic carbocycles. The van der Waals surface area contributed by atoms with E-state index in [1.807, 2.05) is 11.9 Å². The van der Waals surface area contributed by atoms with Gasteiger partial charge in [0.15, 0.2) is 5.82 Å². The predicted octanol–water partition coefficient (Wildman–Crippen LogP) is 3.94. The molecule has 2 aromatic heterocycles. The Balaban J connectivity index is 1.74. The van der Waals surface area contributed by atoms with E-state index in [-0.39, 0.29) is 6.04 Å². The first-order valence-electron chi connectivity index (χ1n) is 8.66. The van der Waals surface area contributed by atoms with Gasteiger partial charge in [0.05, 0.1) is 0 Å². The third-order valence-electron chi connectivity index (χ3n) is 4.69. The van der Waals surface area contributed by atoms with Crippen molar-refractivity contribution in [3.63, 3.8) is 0 Å². The van der Waals surface area contributed by atoms with E-state index in [0.29, 0.717) is 52.4 Å². The molecule has 8 heteroatoms. The standard InChI is InChI=1S/C19H18ClF2N5/c1-27-9-12(21)7-13(10-27)24-19-16-8-23-5-4-14(16)18(25-26-19)15-3-2-11(20)6-17(15)22/h2-6,8,12-13H,7,9-10H2,1H3,(H,24,26)/t12-,13-/m1/s1. The van der Waals surface area contributed by atoms with Crippen molar-refractivity contribution in [3.05, 3.63) is 47.5 Å². The maximum absolute atomic E-state index is 14.4. The highest BCUT2D eigenvalue weighted by Crippen LogP contribution is 2.32. The number of aromatic nitrogens is 3. The van der Waals surface area contributed by atoms with Crippen LogP contribution in [-0.2, 0) is 0 Å². The first-order valence-corrected chi connectivity index (χ1v) is 9.04. The molecule has 3 heterocycles. The fourth-order valence-electron chi connectivity index (χ4n) is 3.53. The van der Waals surface area contributed by atoms with Crippen LogP contribution >= 0.6 is 11.6 Å². The molecule has 0 bridgehead atoms. The van der Waals surface area contributed by atoms with Crippen LogP contribution in [0.1, 0.15) is 6.42 Å². The molecule has 1 aliphatic heterocycles. The largest absolute Gasteiger partial charge is 0.364 e. The normalized spacial score (nSPS) is 20.7. The fraction of sp³-hybridized carbons (Fsp3) is 0.316. The number of nitrogens with one attached hydrogen (secondary N) is 1. The van der Waals surface area contributed by atoms with Gasteiger partial charge in [0.25, 0.3) is 0 Å². The number of halogens is 3. The monoisotopic (exact) mass is 389 g/mol. The summed E-state index contributed by atoms with van der Waals surface area (Å²) in [6, 6.07) is 6.12. The summed E-state index contributed by atoms with van der Waals surface area (Å²) in [6.45, 7) is 1.14. The molecule has 1 aromatic carbocycles. The van der Waals surface area contributed by atoms with Crippen LogP contribution in [0.5, 0.6) is 0 Å². The lowest BCUT2D eigenvalue weighted by Gasteiger charge is -2.32. The maximum atomic E-state index is 14.4. The zero-order chi connectivity index (χ0) is 19.0. The molecule has 2 atom stereocenters. The molecule has 140 valence electrons. The summed E-state index contributed by atoms with van der Waals surface area (Å²) < 4.78 is 28.3. The van der Waals surface area contributed by atoms with Gasteiger partial charge in [-0.05, 0) is 31.3 Å². The number of likely N-dealkylation sites (tertiary alicyclic amines) is 1. The van der Waals surface area contributed by atoms with E-state index in [1.54, 1.807) is 30.6 Å². The molecule has 0 saturated carbocycles. The minimum Gasteiger partial charge on any atom is -0.364 e. The second-order valence-electron chi connectivity index (χ2n) is 6.84. The third kappa shape index (κ3) is 3.70. The van der Waals surface area contributed by atoms with Crippen LogP contribution in [0.4, 0.5) is 14.6 Å². The van der Waals surface area contributed by atoms with Gasteiger partial charge in [-0.3, -0.25) is 4.98 Å². The molecule has 1 fully saturated rings. The second-order valence-corrected chi connectivity index (χ2v) is 7.27. The van der Waals surface area contributed by atoms with Crippen LogP contribution in [0, 0.1) is 5.82 Å². The van der Waals surface area contributed by atoms with E-state index in [1.165, 1.54) is 6.07 Å². The first-order chi connectivity index (χ1) is 13.0. The number of nitrogens with zero attached hydrogens (tertiary/aromatic N) is 4. The topological polar surface area (TPSA) is 53.9 Å². The number of alkyl halides is 1. The zero-order valence-corrected chi connectivity index (χ0v) is 15.4. The van der Waals surface area contributed by atoms with Crippen molar-refractivity contribution in [3.8, 4) is 11.3 Å². The Morgan fingerprint density at radius 3 is 2.81 bits per heavy atom. The van der Waals surface area contributed by atoms with Gasteiger partial charge in [0.2, 0.25) is 0 Å². The van der Waals surface area contributed by atoms with Gasteiger partial charge < -0.3 is 10.2 Å². The van der Waals surface area contributed by atoms with Crippen LogP contribution in [0.25, 0.3) is 22.0 Å². The number of pyridine rings is 1. The minimum absolute atomic E-state index is 0.0884. The minimum atomic E-state index is -0.888. The van der Waals surface area contributed by atoms with E-state index in [4.69, 9.17) is 11.6 Å².